The summed E-state index contributed by atoms with van der Waals surface area (Å²) in [5, 5.41) is 17.0. The van der Waals surface area contributed by atoms with Gasteiger partial charge in [-0.3, -0.25) is 0 Å². The molecule has 2 N–H and O–H groups in total. The van der Waals surface area contributed by atoms with Gasteiger partial charge in [0.25, 0.3) is 0 Å². The molecule has 1 aliphatic rings. The molecule has 1 saturated carbocycles. The summed E-state index contributed by atoms with van der Waals surface area (Å²) in [7, 11) is -1.44. The number of aryl methyl sites for hydroxylation is 8. The summed E-state index contributed by atoms with van der Waals surface area (Å²) in [6.45, 7) is 19.7. The molecule has 6 aromatic carbocycles. The van der Waals surface area contributed by atoms with E-state index in [-0.39, 0.29) is 0 Å². The Labute approximate surface area is 340 Å². The van der Waals surface area contributed by atoms with Gasteiger partial charge in [0.15, 0.2) is 0 Å². The van der Waals surface area contributed by atoms with Crippen LogP contribution in [0.25, 0.3) is 0 Å². The number of nitrogens with one attached hydrogen (secondary N) is 2. The molecule has 0 bridgehead atoms. The quantitative estimate of drug-likeness (QED) is 0.121. The van der Waals surface area contributed by atoms with Crippen LogP contribution in [0, 0.1) is 55.4 Å². The first-order valence-corrected chi connectivity index (χ1v) is 23.3. The summed E-state index contributed by atoms with van der Waals surface area (Å²) < 4.78 is 0. The van der Waals surface area contributed by atoms with Crippen LogP contribution in [0.15, 0.2) is 121 Å². The van der Waals surface area contributed by atoms with Crippen molar-refractivity contribution in [3.05, 3.63) is 177 Å². The van der Waals surface area contributed by atoms with Crippen LogP contribution in [0.3, 0.4) is 0 Å². The highest BCUT2D eigenvalue weighted by molar-refractivity contribution is 7.80. The number of hydrogen-bond donors (Lipinski definition) is 2. The molecule has 1 aliphatic carbocycles. The Morgan fingerprint density at radius 1 is 0.393 bits per heavy atom. The van der Waals surface area contributed by atoms with Crippen LogP contribution in [-0.4, -0.2) is 12.1 Å². The third-order valence-electron chi connectivity index (χ3n) is 11.7. The lowest BCUT2D eigenvalue weighted by molar-refractivity contribution is 0.281. The molecule has 0 unspecified atom stereocenters. The van der Waals surface area contributed by atoms with E-state index < -0.39 is 15.8 Å². The Morgan fingerprint density at radius 2 is 0.696 bits per heavy atom. The molecule has 6 aromatic rings. The van der Waals surface area contributed by atoms with Gasteiger partial charge in [0, 0.05) is 25.2 Å². The Balaban J connectivity index is 1.15. The average Bonchev–Trinajstić information content (AvgIpc) is 3.17. The minimum atomic E-state index is -0.721. The van der Waals surface area contributed by atoms with Crippen molar-refractivity contribution in [1.82, 2.24) is 10.6 Å². The van der Waals surface area contributed by atoms with Crippen LogP contribution < -0.4 is 42.5 Å². The SMILES string of the molecule is Cc1ccc(P(c2ccc(C)cc2C)c2ccccc2CN[C@@H]2CCCC[C@H]2NCc2ccccc2P(c2ccc(C)cc2C)c2ccc(C)cc2C)c(C)c1. The molecule has 56 heavy (non-hydrogen) atoms. The Morgan fingerprint density at radius 3 is 1.00 bits per heavy atom. The fourth-order valence-corrected chi connectivity index (χ4v) is 14.3. The zero-order valence-electron chi connectivity index (χ0n) is 34.8. The van der Waals surface area contributed by atoms with E-state index in [1.807, 2.05) is 0 Å². The normalized spacial score (nSPS) is 15.8. The van der Waals surface area contributed by atoms with Crippen molar-refractivity contribution >= 4 is 47.7 Å². The fraction of sp³-hybridized carbons (Fsp3) is 0.308. The van der Waals surface area contributed by atoms with E-state index in [0.29, 0.717) is 12.1 Å². The first-order chi connectivity index (χ1) is 27.1. The van der Waals surface area contributed by atoms with E-state index in [9.17, 15) is 0 Å². The number of hydrogen-bond acceptors (Lipinski definition) is 2. The zero-order chi connectivity index (χ0) is 39.3. The second-order valence-electron chi connectivity index (χ2n) is 16.3. The van der Waals surface area contributed by atoms with Crippen LogP contribution in [0.5, 0.6) is 0 Å². The molecule has 0 heterocycles. The van der Waals surface area contributed by atoms with Crippen LogP contribution in [-0.2, 0) is 13.1 Å². The van der Waals surface area contributed by atoms with Gasteiger partial charge < -0.3 is 10.6 Å². The molecule has 0 aromatic heterocycles. The second-order valence-corrected chi connectivity index (χ2v) is 20.6. The molecule has 2 nitrogen and oxygen atoms in total. The molecular formula is C52H60N2P2. The Hall–Kier alpha value is -3.90. The molecule has 288 valence electrons. The monoisotopic (exact) mass is 774 g/mol. The largest absolute Gasteiger partial charge is 0.308 e. The maximum absolute atomic E-state index is 4.14. The van der Waals surface area contributed by atoms with Crippen LogP contribution >= 0.6 is 15.8 Å². The van der Waals surface area contributed by atoms with Crippen LogP contribution in [0.2, 0.25) is 0 Å². The summed E-state index contributed by atoms with van der Waals surface area (Å²) in [5.74, 6) is 0. The predicted octanol–water partition coefficient (Wildman–Crippen LogP) is 9.86. The summed E-state index contributed by atoms with van der Waals surface area (Å²) in [4.78, 5) is 0. The van der Waals surface area contributed by atoms with Crippen LogP contribution in [0.4, 0.5) is 0 Å². The fourth-order valence-electron chi connectivity index (χ4n) is 8.86. The zero-order valence-corrected chi connectivity index (χ0v) is 36.6. The van der Waals surface area contributed by atoms with Crippen molar-refractivity contribution in [1.29, 1.82) is 0 Å². The minimum absolute atomic E-state index is 0.414. The van der Waals surface area contributed by atoms with Gasteiger partial charge in [-0.25, -0.2) is 0 Å². The van der Waals surface area contributed by atoms with E-state index in [1.165, 1.54) is 113 Å². The van der Waals surface area contributed by atoms with Gasteiger partial charge in [-0.1, -0.05) is 156 Å². The highest BCUT2D eigenvalue weighted by atomic mass is 31.1. The lowest BCUT2D eigenvalue weighted by Crippen LogP contribution is -2.49. The third kappa shape index (κ3) is 9.12. The maximum atomic E-state index is 4.14. The predicted molar refractivity (Wildman–Crippen MR) is 248 cm³/mol. The summed E-state index contributed by atoms with van der Waals surface area (Å²) >= 11 is 0. The first-order valence-electron chi connectivity index (χ1n) is 20.6. The average molecular weight is 775 g/mol. The van der Waals surface area contributed by atoms with Gasteiger partial charge in [-0.2, -0.15) is 0 Å². The molecule has 0 aliphatic heterocycles. The Bertz CT molecular complexity index is 2040. The summed E-state index contributed by atoms with van der Waals surface area (Å²) in [6.07, 6.45) is 4.94. The third-order valence-corrected chi connectivity index (χ3v) is 17.5. The second kappa shape index (κ2) is 18.1. The van der Waals surface area contributed by atoms with E-state index in [4.69, 9.17) is 0 Å². The van der Waals surface area contributed by atoms with Crippen molar-refractivity contribution < 1.29 is 0 Å². The van der Waals surface area contributed by atoms with E-state index >= 15 is 0 Å². The molecular weight excluding hydrogens is 715 g/mol. The topological polar surface area (TPSA) is 24.1 Å². The van der Waals surface area contributed by atoms with E-state index in [2.05, 4.69) is 187 Å². The van der Waals surface area contributed by atoms with Crippen molar-refractivity contribution in [2.24, 2.45) is 0 Å². The molecule has 0 radical (unpaired) electrons. The number of rotatable bonds is 12. The molecule has 2 atom stereocenters. The van der Waals surface area contributed by atoms with Gasteiger partial charge in [0.2, 0.25) is 0 Å². The number of benzene rings is 6. The van der Waals surface area contributed by atoms with E-state index in [0.717, 1.165) is 13.1 Å². The lowest BCUT2D eigenvalue weighted by atomic mass is 9.90. The van der Waals surface area contributed by atoms with Gasteiger partial charge >= 0.3 is 0 Å². The highest BCUT2D eigenvalue weighted by Gasteiger charge is 2.28. The lowest BCUT2D eigenvalue weighted by Gasteiger charge is -2.34. The van der Waals surface area contributed by atoms with Crippen molar-refractivity contribution in [2.45, 2.75) is 106 Å². The van der Waals surface area contributed by atoms with Gasteiger partial charge in [0.1, 0.15) is 0 Å². The first kappa shape index (κ1) is 40.3. The minimum Gasteiger partial charge on any atom is -0.308 e. The highest BCUT2D eigenvalue weighted by Crippen LogP contribution is 2.39. The maximum Gasteiger partial charge on any atom is 0.0224 e. The van der Waals surface area contributed by atoms with Crippen molar-refractivity contribution in [2.75, 3.05) is 0 Å². The van der Waals surface area contributed by atoms with Crippen molar-refractivity contribution in [3.63, 3.8) is 0 Å². The van der Waals surface area contributed by atoms with Gasteiger partial charge in [-0.05, 0) is 149 Å². The van der Waals surface area contributed by atoms with E-state index in [1.54, 1.807) is 0 Å². The molecule has 4 heteroatoms. The molecule has 1 fully saturated rings. The smallest absolute Gasteiger partial charge is 0.0224 e. The molecule has 0 saturated heterocycles. The standard InChI is InChI=1S/C52H60N2P2/c1-35-21-25-47(39(5)29-35)55(48-26-22-36(2)30-40(48)6)51-19-13-9-15-43(51)33-53-45-17-11-12-18-46(45)54-34-44-16-10-14-20-52(44)56(49-27-23-37(3)31-41(49)7)50-28-24-38(4)32-42(50)8/h9-10,13-16,19-32,45-46,53-54H,11-12,17-18,33-34H2,1-8H3/t45-,46-/m1/s1. The van der Waals surface area contributed by atoms with Gasteiger partial charge in [0.05, 0.1) is 0 Å². The molecule has 7 rings (SSSR count). The summed E-state index contributed by atoms with van der Waals surface area (Å²) in [5.41, 5.74) is 13.7. The van der Waals surface area contributed by atoms with Crippen LogP contribution in [0.1, 0.15) is 81.3 Å². The van der Waals surface area contributed by atoms with Gasteiger partial charge in [-0.15, -0.1) is 0 Å². The molecule has 0 spiro atoms. The summed E-state index contributed by atoms with van der Waals surface area (Å²) in [6, 6.07) is 47.5. The Kier molecular flexibility index (Phi) is 13.1. The molecule has 0 amide bonds. The van der Waals surface area contributed by atoms with Crippen molar-refractivity contribution in [3.8, 4) is 0 Å².